The van der Waals surface area contributed by atoms with E-state index in [1.165, 1.54) is 0 Å². The molecule has 1 saturated carbocycles. The van der Waals surface area contributed by atoms with Crippen molar-refractivity contribution < 1.29 is 19.7 Å². The molecule has 4 heterocycles. The molecule has 1 aliphatic heterocycles. The number of nitrogen functional groups attached to an aromatic ring is 1. The molecule has 2 aliphatic rings. The maximum absolute atomic E-state index is 11.5. The fraction of sp³-hybridized carbons (Fsp3) is 0.273. The average Bonchev–Trinajstić information content (AvgIpc) is 3.41. The van der Waals surface area contributed by atoms with Crippen LogP contribution in [0, 0.1) is 0 Å². The number of amides is 1. The highest BCUT2D eigenvalue weighted by Gasteiger charge is 2.40. The summed E-state index contributed by atoms with van der Waals surface area (Å²) in [5, 5.41) is 21.8. The van der Waals surface area contributed by atoms with Gasteiger partial charge in [0.05, 0.1) is 36.1 Å². The molecule has 0 bridgehead atoms. The molecule has 3 aromatic heterocycles. The van der Waals surface area contributed by atoms with Crippen LogP contribution in [-0.4, -0.2) is 68.2 Å². The van der Waals surface area contributed by atoms with Gasteiger partial charge in [-0.3, -0.25) is 4.57 Å². The molecule has 44 heavy (non-hydrogen) atoms. The number of morpholine rings is 1. The normalized spacial score (nSPS) is 17.8. The molecule has 5 aromatic rings. The first-order valence-electron chi connectivity index (χ1n) is 14.7. The van der Waals surface area contributed by atoms with E-state index in [9.17, 15) is 15.0 Å². The fourth-order valence-corrected chi connectivity index (χ4v) is 6.23. The summed E-state index contributed by atoms with van der Waals surface area (Å²) >= 11 is 0. The van der Waals surface area contributed by atoms with Crippen LogP contribution in [-0.2, 0) is 10.3 Å². The number of carboxylic acid groups (broad SMARTS) is 1. The van der Waals surface area contributed by atoms with Crippen molar-refractivity contribution in [2.45, 2.75) is 30.9 Å². The number of carbonyl (C=O) groups is 1. The van der Waals surface area contributed by atoms with Crippen molar-refractivity contribution in [1.82, 2.24) is 24.8 Å². The number of hydrogen-bond acceptors (Lipinski definition) is 8. The van der Waals surface area contributed by atoms with Gasteiger partial charge in [-0.1, -0.05) is 24.3 Å². The third-order valence-corrected chi connectivity index (χ3v) is 8.66. The van der Waals surface area contributed by atoms with Crippen LogP contribution in [0.5, 0.6) is 0 Å². The van der Waals surface area contributed by atoms with Crippen LogP contribution < -0.4 is 16.0 Å². The number of anilines is 2. The number of fused-ring (bicyclic) bond motifs is 1. The lowest BCUT2D eigenvalue weighted by Gasteiger charge is -2.42. The van der Waals surface area contributed by atoms with Crippen LogP contribution in [0.2, 0.25) is 0 Å². The minimum absolute atomic E-state index is 0.0137. The van der Waals surface area contributed by atoms with Crippen LogP contribution >= 0.6 is 0 Å². The average molecular weight is 592 g/mol. The molecular formula is C33H33N7O4. The highest BCUT2D eigenvalue weighted by atomic mass is 16.5. The van der Waals surface area contributed by atoms with Crippen molar-refractivity contribution >= 4 is 28.8 Å². The Bertz CT molecular complexity index is 1830. The maximum Gasteiger partial charge on any atom is 0.405 e. The zero-order valence-corrected chi connectivity index (χ0v) is 24.1. The summed E-state index contributed by atoms with van der Waals surface area (Å²) in [5.41, 5.74) is 12.3. The molecule has 1 saturated heterocycles. The van der Waals surface area contributed by atoms with E-state index in [-0.39, 0.29) is 12.7 Å². The lowest BCUT2D eigenvalue weighted by molar-refractivity contribution is 0.00357. The number of aliphatic hydroxyl groups is 1. The molecule has 1 aliphatic carbocycles. The number of ether oxygens (including phenoxy) is 1. The summed E-state index contributed by atoms with van der Waals surface area (Å²) in [4.78, 5) is 28.1. The summed E-state index contributed by atoms with van der Waals surface area (Å²) < 4.78 is 7.62. The highest BCUT2D eigenvalue weighted by molar-refractivity contribution is 5.85. The molecule has 0 unspecified atom stereocenters. The van der Waals surface area contributed by atoms with E-state index < -0.39 is 11.6 Å². The summed E-state index contributed by atoms with van der Waals surface area (Å²) in [5.74, 6) is 0.974. The number of benzene rings is 2. The molecule has 11 nitrogen and oxygen atoms in total. The molecule has 11 heteroatoms. The van der Waals surface area contributed by atoms with Crippen LogP contribution in [0.4, 0.5) is 16.3 Å². The molecule has 1 atom stereocenters. The second-order valence-electron chi connectivity index (χ2n) is 11.3. The number of aromatic nitrogens is 4. The lowest BCUT2D eigenvalue weighted by Crippen LogP contribution is -2.50. The first-order valence-corrected chi connectivity index (χ1v) is 14.7. The quantitative estimate of drug-likeness (QED) is 0.213. The van der Waals surface area contributed by atoms with Gasteiger partial charge in [-0.2, -0.15) is 0 Å². The van der Waals surface area contributed by atoms with E-state index >= 15 is 0 Å². The largest absolute Gasteiger partial charge is 0.465 e. The molecular weight excluding hydrogens is 558 g/mol. The van der Waals surface area contributed by atoms with E-state index in [2.05, 4.69) is 27.3 Å². The molecule has 2 aromatic carbocycles. The van der Waals surface area contributed by atoms with Gasteiger partial charge in [0.2, 0.25) is 0 Å². The standard InChI is InChI=1S/C33H33N7O4/c34-29-26(6-2-15-35-29)30-37-28-12-11-27(21-4-1-5-24(18-21)39-16-17-44-25(19-39)20-41)36-31(28)40(30)23-9-7-22(8-10-23)33(13-3-14-33)38-32(42)43/h1-2,4-12,15,18,25,38,41H,3,13-14,16-17,19-20H2,(H2,34,35)(H,42,43)/t25-/m0/s1. The molecule has 0 spiro atoms. The lowest BCUT2D eigenvalue weighted by atomic mass is 9.72. The highest BCUT2D eigenvalue weighted by Crippen LogP contribution is 2.42. The maximum atomic E-state index is 11.5. The number of nitrogens with two attached hydrogens (primary N) is 1. The Hall–Kier alpha value is -5.00. The van der Waals surface area contributed by atoms with Crippen molar-refractivity contribution in [3.8, 4) is 28.3 Å². The van der Waals surface area contributed by atoms with Crippen LogP contribution in [0.1, 0.15) is 24.8 Å². The van der Waals surface area contributed by atoms with Crippen molar-refractivity contribution in [2.24, 2.45) is 0 Å². The first-order chi connectivity index (χ1) is 21.4. The third-order valence-electron chi connectivity index (χ3n) is 8.66. The van der Waals surface area contributed by atoms with E-state index in [0.29, 0.717) is 41.5 Å². The molecule has 224 valence electrons. The van der Waals surface area contributed by atoms with Gasteiger partial charge >= 0.3 is 6.09 Å². The second kappa shape index (κ2) is 11.3. The smallest absolute Gasteiger partial charge is 0.405 e. The van der Waals surface area contributed by atoms with Crippen molar-refractivity contribution in [1.29, 1.82) is 0 Å². The van der Waals surface area contributed by atoms with Gasteiger partial charge in [0.25, 0.3) is 0 Å². The topological polar surface area (TPSA) is 152 Å². The van der Waals surface area contributed by atoms with E-state index in [0.717, 1.165) is 54.0 Å². The van der Waals surface area contributed by atoms with Crippen LogP contribution in [0.15, 0.2) is 79.0 Å². The Balaban J connectivity index is 1.32. The van der Waals surface area contributed by atoms with Crippen LogP contribution in [0.3, 0.4) is 0 Å². The second-order valence-corrected chi connectivity index (χ2v) is 11.3. The number of nitrogens with zero attached hydrogens (tertiary/aromatic N) is 5. The monoisotopic (exact) mass is 591 g/mol. The summed E-state index contributed by atoms with van der Waals surface area (Å²) in [6, 6.07) is 23.8. The summed E-state index contributed by atoms with van der Waals surface area (Å²) in [6.45, 7) is 1.91. The molecule has 1 amide bonds. The van der Waals surface area contributed by atoms with Crippen molar-refractivity contribution in [3.05, 3.63) is 84.6 Å². The van der Waals surface area contributed by atoms with Gasteiger partial charge in [0.15, 0.2) is 11.5 Å². The number of nitrogens with one attached hydrogen (secondary N) is 1. The Labute approximate surface area is 254 Å². The number of pyridine rings is 2. The first kappa shape index (κ1) is 27.8. The molecule has 7 rings (SSSR count). The minimum atomic E-state index is -1.02. The summed E-state index contributed by atoms with van der Waals surface area (Å²) in [6.07, 6.45) is 2.92. The van der Waals surface area contributed by atoms with Crippen LogP contribution in [0.25, 0.3) is 39.5 Å². The van der Waals surface area contributed by atoms with E-state index in [1.807, 2.05) is 65.2 Å². The van der Waals surface area contributed by atoms with Gasteiger partial charge in [0, 0.05) is 36.2 Å². The Morgan fingerprint density at radius 1 is 1.05 bits per heavy atom. The molecule has 2 fully saturated rings. The fourth-order valence-electron chi connectivity index (χ4n) is 6.23. The Morgan fingerprint density at radius 2 is 1.89 bits per heavy atom. The zero-order valence-electron chi connectivity index (χ0n) is 24.1. The third kappa shape index (κ3) is 4.99. The number of aliphatic hydroxyl groups excluding tert-OH is 1. The van der Waals surface area contributed by atoms with E-state index in [1.54, 1.807) is 6.20 Å². The minimum Gasteiger partial charge on any atom is -0.465 e. The van der Waals surface area contributed by atoms with Crippen molar-refractivity contribution in [2.75, 3.05) is 36.9 Å². The van der Waals surface area contributed by atoms with Gasteiger partial charge < -0.3 is 30.9 Å². The summed E-state index contributed by atoms with van der Waals surface area (Å²) in [7, 11) is 0. The van der Waals surface area contributed by atoms with Crippen molar-refractivity contribution in [3.63, 3.8) is 0 Å². The number of hydrogen-bond donors (Lipinski definition) is 4. The SMILES string of the molecule is Nc1ncccc1-c1nc2ccc(-c3cccc(N4CCO[C@H](CO)C4)c3)nc2n1-c1ccc(C2(NC(=O)O)CCC2)cc1. The van der Waals surface area contributed by atoms with Gasteiger partial charge in [0.1, 0.15) is 11.3 Å². The predicted octanol–water partition coefficient (Wildman–Crippen LogP) is 4.58. The predicted molar refractivity (Wildman–Crippen MR) is 168 cm³/mol. The van der Waals surface area contributed by atoms with Gasteiger partial charge in [-0.25, -0.2) is 19.7 Å². The van der Waals surface area contributed by atoms with Gasteiger partial charge in [-0.15, -0.1) is 0 Å². The Morgan fingerprint density at radius 3 is 2.61 bits per heavy atom. The Kier molecular flexibility index (Phi) is 7.11. The zero-order chi connectivity index (χ0) is 30.3. The molecule has 5 N–H and O–H groups in total. The number of rotatable bonds is 7. The van der Waals surface area contributed by atoms with Gasteiger partial charge in [-0.05, 0) is 73.4 Å². The number of imidazole rings is 1. The van der Waals surface area contributed by atoms with E-state index in [4.69, 9.17) is 20.4 Å². The molecule has 0 radical (unpaired) electrons.